The first-order chi connectivity index (χ1) is 7.47. The van der Waals surface area contributed by atoms with Crippen LogP contribution in [0, 0.1) is 0 Å². The van der Waals surface area contributed by atoms with E-state index >= 15 is 0 Å². The van der Waals surface area contributed by atoms with Crippen molar-refractivity contribution >= 4 is 5.91 Å². The van der Waals surface area contributed by atoms with E-state index in [9.17, 15) is 4.79 Å². The Labute approximate surface area is 99.9 Å². The molecule has 0 aliphatic heterocycles. The summed E-state index contributed by atoms with van der Waals surface area (Å²) in [5.41, 5.74) is 1.23. The zero-order valence-corrected chi connectivity index (χ0v) is 11.2. The van der Waals surface area contributed by atoms with Crippen molar-refractivity contribution in [1.29, 1.82) is 0 Å². The predicted molar refractivity (Wildman–Crippen MR) is 69.4 cm³/mol. The minimum Gasteiger partial charge on any atom is -0.342 e. The van der Waals surface area contributed by atoms with Crippen LogP contribution >= 0.6 is 0 Å². The number of likely N-dealkylation sites (N-methyl/N-ethyl adjacent to an activating group) is 1. The van der Waals surface area contributed by atoms with Crippen LogP contribution in [0.1, 0.15) is 40.5 Å². The minimum absolute atomic E-state index is 0.152. The van der Waals surface area contributed by atoms with Gasteiger partial charge in [-0.1, -0.05) is 5.57 Å². The van der Waals surface area contributed by atoms with E-state index in [0.29, 0.717) is 6.04 Å². The summed E-state index contributed by atoms with van der Waals surface area (Å²) in [4.78, 5) is 13.0. The summed E-state index contributed by atoms with van der Waals surface area (Å²) >= 11 is 0. The first-order valence-corrected chi connectivity index (χ1v) is 6.10. The highest BCUT2D eigenvalue weighted by Crippen LogP contribution is 2.03. The standard InChI is InChI=1S/C13H26N2O/c1-6-15(13(5)16)10-9-14-12(4)8-7-11(2)3/h12,14H,2,6-10H2,1,3-5H3. The Morgan fingerprint density at radius 1 is 1.44 bits per heavy atom. The molecule has 0 aliphatic rings. The lowest BCUT2D eigenvalue weighted by molar-refractivity contribution is -0.128. The van der Waals surface area contributed by atoms with Crippen molar-refractivity contribution in [2.24, 2.45) is 0 Å². The van der Waals surface area contributed by atoms with Crippen molar-refractivity contribution in [2.75, 3.05) is 19.6 Å². The SMILES string of the molecule is C=C(C)CCC(C)NCCN(CC)C(C)=O. The third-order valence-electron chi connectivity index (χ3n) is 2.71. The van der Waals surface area contributed by atoms with E-state index < -0.39 is 0 Å². The molecule has 1 unspecified atom stereocenters. The van der Waals surface area contributed by atoms with E-state index in [2.05, 4.69) is 25.7 Å². The number of amides is 1. The Bertz CT molecular complexity index is 226. The Hall–Kier alpha value is -0.830. The molecular formula is C13H26N2O. The maximum absolute atomic E-state index is 11.2. The largest absolute Gasteiger partial charge is 0.342 e. The first kappa shape index (κ1) is 15.2. The monoisotopic (exact) mass is 226 g/mol. The highest BCUT2D eigenvalue weighted by molar-refractivity contribution is 5.73. The van der Waals surface area contributed by atoms with Crippen molar-refractivity contribution in [3.8, 4) is 0 Å². The number of nitrogens with one attached hydrogen (secondary N) is 1. The Kier molecular flexibility index (Phi) is 7.90. The molecule has 1 amide bonds. The molecule has 0 heterocycles. The lowest BCUT2D eigenvalue weighted by atomic mass is 10.1. The van der Waals surface area contributed by atoms with Crippen molar-refractivity contribution in [3.05, 3.63) is 12.2 Å². The van der Waals surface area contributed by atoms with Gasteiger partial charge in [0.15, 0.2) is 0 Å². The molecule has 0 aromatic carbocycles. The van der Waals surface area contributed by atoms with Gasteiger partial charge in [0.25, 0.3) is 0 Å². The fourth-order valence-electron chi connectivity index (χ4n) is 1.55. The normalized spacial score (nSPS) is 12.2. The third-order valence-corrected chi connectivity index (χ3v) is 2.71. The number of hydrogen-bond acceptors (Lipinski definition) is 2. The van der Waals surface area contributed by atoms with Crippen LogP contribution in [0.5, 0.6) is 0 Å². The molecule has 16 heavy (non-hydrogen) atoms. The van der Waals surface area contributed by atoms with Crippen molar-refractivity contribution < 1.29 is 4.79 Å². The van der Waals surface area contributed by atoms with Crippen LogP contribution in [0.15, 0.2) is 12.2 Å². The predicted octanol–water partition coefficient (Wildman–Crippen LogP) is 2.19. The van der Waals surface area contributed by atoms with E-state index in [1.54, 1.807) is 6.92 Å². The third kappa shape index (κ3) is 7.46. The summed E-state index contributed by atoms with van der Waals surface area (Å²) in [6, 6.07) is 0.488. The molecule has 0 radical (unpaired) electrons. The van der Waals surface area contributed by atoms with Crippen LogP contribution in [0.4, 0.5) is 0 Å². The number of carbonyl (C=O) groups is 1. The van der Waals surface area contributed by atoms with Gasteiger partial charge in [-0.05, 0) is 33.6 Å². The van der Waals surface area contributed by atoms with E-state index in [0.717, 1.165) is 32.5 Å². The summed E-state index contributed by atoms with van der Waals surface area (Å²) < 4.78 is 0. The van der Waals surface area contributed by atoms with Crippen LogP contribution in [0.3, 0.4) is 0 Å². The second kappa shape index (κ2) is 8.34. The quantitative estimate of drug-likeness (QED) is 0.643. The van der Waals surface area contributed by atoms with Gasteiger partial charge in [0.2, 0.25) is 5.91 Å². The van der Waals surface area contributed by atoms with Crippen LogP contribution < -0.4 is 5.32 Å². The van der Waals surface area contributed by atoms with Gasteiger partial charge >= 0.3 is 0 Å². The Balaban J connectivity index is 3.63. The fraction of sp³-hybridized carbons (Fsp3) is 0.769. The second-order valence-electron chi connectivity index (χ2n) is 4.45. The molecular weight excluding hydrogens is 200 g/mol. The molecule has 0 rings (SSSR count). The van der Waals surface area contributed by atoms with E-state index in [1.165, 1.54) is 5.57 Å². The average molecular weight is 226 g/mol. The molecule has 3 heteroatoms. The zero-order valence-electron chi connectivity index (χ0n) is 11.2. The highest BCUT2D eigenvalue weighted by Gasteiger charge is 2.06. The molecule has 0 saturated carbocycles. The summed E-state index contributed by atoms with van der Waals surface area (Å²) in [5.74, 6) is 0.152. The van der Waals surface area contributed by atoms with Gasteiger partial charge in [-0.25, -0.2) is 0 Å². The fourth-order valence-corrected chi connectivity index (χ4v) is 1.55. The maximum atomic E-state index is 11.2. The zero-order chi connectivity index (χ0) is 12.6. The lowest BCUT2D eigenvalue weighted by Crippen LogP contribution is -2.38. The Morgan fingerprint density at radius 2 is 2.06 bits per heavy atom. The van der Waals surface area contributed by atoms with Gasteiger partial charge in [-0.2, -0.15) is 0 Å². The molecule has 0 aromatic rings. The van der Waals surface area contributed by atoms with Gasteiger partial charge in [0, 0.05) is 32.6 Å². The Morgan fingerprint density at radius 3 is 2.50 bits per heavy atom. The molecule has 0 aromatic heterocycles. The van der Waals surface area contributed by atoms with Gasteiger partial charge < -0.3 is 10.2 Å². The number of carbonyl (C=O) groups excluding carboxylic acids is 1. The van der Waals surface area contributed by atoms with E-state index in [4.69, 9.17) is 0 Å². The van der Waals surface area contributed by atoms with E-state index in [-0.39, 0.29) is 5.91 Å². The van der Waals surface area contributed by atoms with Gasteiger partial charge in [-0.15, -0.1) is 6.58 Å². The molecule has 94 valence electrons. The molecule has 0 fully saturated rings. The van der Waals surface area contributed by atoms with Crippen molar-refractivity contribution in [2.45, 2.75) is 46.6 Å². The molecule has 0 spiro atoms. The maximum Gasteiger partial charge on any atom is 0.219 e. The topological polar surface area (TPSA) is 32.3 Å². The number of allylic oxidation sites excluding steroid dienone is 1. The van der Waals surface area contributed by atoms with E-state index in [1.807, 2.05) is 11.8 Å². The molecule has 0 bridgehead atoms. The first-order valence-electron chi connectivity index (χ1n) is 6.10. The summed E-state index contributed by atoms with van der Waals surface area (Å²) in [6.07, 6.45) is 2.18. The van der Waals surface area contributed by atoms with Gasteiger partial charge in [0.1, 0.15) is 0 Å². The number of nitrogens with zero attached hydrogens (tertiary/aromatic N) is 1. The smallest absolute Gasteiger partial charge is 0.219 e. The molecule has 0 aliphatic carbocycles. The molecule has 3 nitrogen and oxygen atoms in total. The van der Waals surface area contributed by atoms with Crippen LogP contribution in [0.2, 0.25) is 0 Å². The van der Waals surface area contributed by atoms with Crippen LogP contribution in [0.25, 0.3) is 0 Å². The highest BCUT2D eigenvalue weighted by atomic mass is 16.2. The molecule has 0 saturated heterocycles. The summed E-state index contributed by atoms with van der Waals surface area (Å²) in [5, 5.41) is 3.42. The van der Waals surface area contributed by atoms with Crippen LogP contribution in [-0.2, 0) is 4.79 Å². The molecule has 1 N–H and O–H groups in total. The number of hydrogen-bond donors (Lipinski definition) is 1. The van der Waals surface area contributed by atoms with Gasteiger partial charge in [0.05, 0.1) is 0 Å². The second-order valence-corrected chi connectivity index (χ2v) is 4.45. The van der Waals surface area contributed by atoms with Gasteiger partial charge in [-0.3, -0.25) is 4.79 Å². The van der Waals surface area contributed by atoms with Crippen LogP contribution in [-0.4, -0.2) is 36.5 Å². The molecule has 1 atom stereocenters. The number of rotatable bonds is 8. The lowest BCUT2D eigenvalue weighted by Gasteiger charge is -2.21. The van der Waals surface area contributed by atoms with Crippen molar-refractivity contribution in [3.63, 3.8) is 0 Å². The summed E-state index contributed by atoms with van der Waals surface area (Å²) in [7, 11) is 0. The average Bonchev–Trinajstić information content (AvgIpc) is 2.20. The minimum atomic E-state index is 0.152. The van der Waals surface area contributed by atoms with Crippen molar-refractivity contribution in [1.82, 2.24) is 10.2 Å². The summed E-state index contributed by atoms with van der Waals surface area (Å²) in [6.45, 7) is 14.2.